The monoisotopic (exact) mass is 270 g/mol. The number of amides is 1. The van der Waals surface area contributed by atoms with Gasteiger partial charge in [-0.05, 0) is 36.2 Å². The Kier molecular flexibility index (Phi) is 3.78. The topological polar surface area (TPSA) is 59.0 Å². The number of rotatable bonds is 4. The number of benzene rings is 1. The highest BCUT2D eigenvalue weighted by molar-refractivity contribution is 5.94. The van der Waals surface area contributed by atoms with Crippen LogP contribution >= 0.6 is 0 Å². The zero-order chi connectivity index (χ0) is 13.8. The molecule has 20 heavy (non-hydrogen) atoms. The number of aromatic nitrogens is 2. The van der Waals surface area contributed by atoms with E-state index < -0.39 is 0 Å². The van der Waals surface area contributed by atoms with Gasteiger partial charge >= 0.3 is 0 Å². The largest absolute Gasteiger partial charge is 0.350 e. The van der Waals surface area contributed by atoms with Crippen LogP contribution in [0.3, 0.4) is 0 Å². The predicted octanol–water partition coefficient (Wildman–Crippen LogP) is 0.959. The fourth-order valence-electron chi connectivity index (χ4n) is 2.44. The normalized spacial score (nSPS) is 13.8. The summed E-state index contributed by atoms with van der Waals surface area (Å²) in [5.74, 6) is -0.0153. The van der Waals surface area contributed by atoms with Gasteiger partial charge in [-0.2, -0.15) is 0 Å². The Morgan fingerprint density at radius 1 is 1.40 bits per heavy atom. The molecule has 1 aliphatic heterocycles. The van der Waals surface area contributed by atoms with Crippen molar-refractivity contribution in [3.05, 3.63) is 53.6 Å². The second-order valence-electron chi connectivity index (χ2n) is 4.97. The molecule has 1 aromatic carbocycles. The van der Waals surface area contributed by atoms with Crippen LogP contribution < -0.4 is 10.6 Å². The molecule has 2 N–H and O–H groups in total. The quantitative estimate of drug-likeness (QED) is 0.870. The molecule has 0 saturated heterocycles. The Morgan fingerprint density at radius 3 is 3.20 bits per heavy atom. The second kappa shape index (κ2) is 5.88. The standard InChI is InChI=1S/C15H18N4O/c20-15(18-6-8-19-7-5-17-11-19)13-2-1-12-3-4-16-10-14(12)9-13/h1-2,5,7,9,11,16H,3-4,6,8,10H2,(H,18,20). The van der Waals surface area contributed by atoms with Gasteiger partial charge in [-0.3, -0.25) is 4.79 Å². The van der Waals surface area contributed by atoms with Gasteiger partial charge in [0.1, 0.15) is 0 Å². The zero-order valence-electron chi connectivity index (χ0n) is 11.3. The van der Waals surface area contributed by atoms with Crippen molar-refractivity contribution >= 4 is 5.91 Å². The third-order valence-electron chi connectivity index (χ3n) is 3.57. The van der Waals surface area contributed by atoms with Crippen molar-refractivity contribution in [1.82, 2.24) is 20.2 Å². The molecular weight excluding hydrogens is 252 g/mol. The molecular formula is C15H18N4O. The van der Waals surface area contributed by atoms with Crippen LogP contribution in [-0.2, 0) is 19.5 Å². The minimum Gasteiger partial charge on any atom is -0.350 e. The van der Waals surface area contributed by atoms with E-state index in [-0.39, 0.29) is 5.91 Å². The van der Waals surface area contributed by atoms with Crippen LogP contribution in [0.2, 0.25) is 0 Å². The number of fused-ring (bicyclic) bond motifs is 1. The highest BCUT2D eigenvalue weighted by atomic mass is 16.1. The Balaban J connectivity index is 1.59. The average Bonchev–Trinajstić information content (AvgIpc) is 3.00. The molecule has 1 aromatic heterocycles. The molecule has 2 aromatic rings. The summed E-state index contributed by atoms with van der Waals surface area (Å²) < 4.78 is 1.94. The molecule has 5 nitrogen and oxygen atoms in total. The molecule has 0 atom stereocenters. The van der Waals surface area contributed by atoms with Gasteiger partial charge < -0.3 is 15.2 Å². The Bertz CT molecular complexity index is 592. The second-order valence-corrected chi connectivity index (χ2v) is 4.97. The van der Waals surface area contributed by atoms with Crippen molar-refractivity contribution in [1.29, 1.82) is 0 Å². The van der Waals surface area contributed by atoms with Crippen LogP contribution in [0.15, 0.2) is 36.9 Å². The molecule has 0 saturated carbocycles. The van der Waals surface area contributed by atoms with Crippen LogP contribution in [-0.4, -0.2) is 28.5 Å². The van der Waals surface area contributed by atoms with Gasteiger partial charge in [-0.1, -0.05) is 6.07 Å². The first-order valence-corrected chi connectivity index (χ1v) is 6.89. The van der Waals surface area contributed by atoms with Gasteiger partial charge in [0.2, 0.25) is 0 Å². The molecule has 0 aliphatic carbocycles. The molecule has 104 valence electrons. The van der Waals surface area contributed by atoms with Gasteiger partial charge in [-0.15, -0.1) is 0 Å². The highest BCUT2D eigenvalue weighted by Gasteiger charge is 2.12. The number of imidazole rings is 1. The Morgan fingerprint density at radius 2 is 2.35 bits per heavy atom. The summed E-state index contributed by atoms with van der Waals surface area (Å²) in [6, 6.07) is 5.98. The maximum absolute atomic E-state index is 12.1. The van der Waals surface area contributed by atoms with Crippen molar-refractivity contribution in [2.45, 2.75) is 19.5 Å². The van der Waals surface area contributed by atoms with Gasteiger partial charge in [-0.25, -0.2) is 4.98 Å². The highest BCUT2D eigenvalue weighted by Crippen LogP contribution is 2.15. The maximum Gasteiger partial charge on any atom is 0.251 e. The Hall–Kier alpha value is -2.14. The first-order chi connectivity index (χ1) is 9.83. The van der Waals surface area contributed by atoms with E-state index in [0.29, 0.717) is 6.54 Å². The number of nitrogens with one attached hydrogen (secondary N) is 2. The molecule has 0 bridgehead atoms. The van der Waals surface area contributed by atoms with Gasteiger partial charge in [0.25, 0.3) is 5.91 Å². The average molecular weight is 270 g/mol. The zero-order valence-corrected chi connectivity index (χ0v) is 11.3. The van der Waals surface area contributed by atoms with Crippen LogP contribution in [0.25, 0.3) is 0 Å². The number of nitrogens with zero attached hydrogens (tertiary/aromatic N) is 2. The van der Waals surface area contributed by atoms with E-state index in [2.05, 4.69) is 21.7 Å². The lowest BCUT2D eigenvalue weighted by atomic mass is 9.98. The molecule has 3 rings (SSSR count). The van der Waals surface area contributed by atoms with Crippen LogP contribution in [0.1, 0.15) is 21.5 Å². The van der Waals surface area contributed by atoms with Gasteiger partial charge in [0.15, 0.2) is 0 Å². The summed E-state index contributed by atoms with van der Waals surface area (Å²) >= 11 is 0. The number of hydrogen-bond donors (Lipinski definition) is 2. The van der Waals surface area contributed by atoms with Crippen molar-refractivity contribution in [2.75, 3.05) is 13.1 Å². The van der Waals surface area contributed by atoms with E-state index in [0.717, 1.165) is 31.6 Å². The lowest BCUT2D eigenvalue weighted by Gasteiger charge is -2.17. The van der Waals surface area contributed by atoms with E-state index in [1.165, 1.54) is 11.1 Å². The summed E-state index contributed by atoms with van der Waals surface area (Å²) in [5, 5.41) is 6.26. The number of hydrogen-bond acceptors (Lipinski definition) is 3. The first kappa shape index (κ1) is 12.9. The van der Waals surface area contributed by atoms with Gasteiger partial charge in [0, 0.05) is 37.6 Å². The molecule has 1 amide bonds. The Labute approximate surface area is 118 Å². The van der Waals surface area contributed by atoms with Gasteiger partial charge in [0.05, 0.1) is 6.33 Å². The van der Waals surface area contributed by atoms with Crippen LogP contribution in [0, 0.1) is 0 Å². The minimum absolute atomic E-state index is 0.0153. The van der Waals surface area contributed by atoms with Crippen LogP contribution in [0.4, 0.5) is 0 Å². The minimum atomic E-state index is -0.0153. The summed E-state index contributed by atoms with van der Waals surface area (Å²) in [6.07, 6.45) is 6.41. The fraction of sp³-hybridized carbons (Fsp3) is 0.333. The number of carbonyl (C=O) groups excluding carboxylic acids is 1. The molecule has 0 fully saturated rings. The third-order valence-corrected chi connectivity index (χ3v) is 3.57. The van der Waals surface area contributed by atoms with E-state index in [9.17, 15) is 4.79 Å². The number of carbonyl (C=O) groups is 1. The van der Waals surface area contributed by atoms with Crippen molar-refractivity contribution < 1.29 is 4.79 Å². The summed E-state index contributed by atoms with van der Waals surface area (Å²) in [6.45, 7) is 3.21. The molecule has 0 spiro atoms. The smallest absolute Gasteiger partial charge is 0.251 e. The summed E-state index contributed by atoms with van der Waals surface area (Å²) in [7, 11) is 0. The molecule has 2 heterocycles. The first-order valence-electron chi connectivity index (χ1n) is 6.89. The van der Waals surface area contributed by atoms with Crippen molar-refractivity contribution in [3.63, 3.8) is 0 Å². The van der Waals surface area contributed by atoms with E-state index in [1.807, 2.05) is 22.9 Å². The fourth-order valence-corrected chi connectivity index (χ4v) is 2.44. The van der Waals surface area contributed by atoms with E-state index in [4.69, 9.17) is 0 Å². The SMILES string of the molecule is O=C(NCCn1ccnc1)c1ccc2c(c1)CNCC2. The predicted molar refractivity (Wildman–Crippen MR) is 76.4 cm³/mol. The van der Waals surface area contributed by atoms with Crippen LogP contribution in [0.5, 0.6) is 0 Å². The third kappa shape index (κ3) is 2.88. The van der Waals surface area contributed by atoms with E-state index in [1.54, 1.807) is 12.5 Å². The molecule has 0 unspecified atom stereocenters. The van der Waals surface area contributed by atoms with E-state index >= 15 is 0 Å². The molecule has 1 aliphatic rings. The molecule has 5 heteroatoms. The lowest BCUT2D eigenvalue weighted by Crippen LogP contribution is -2.28. The van der Waals surface area contributed by atoms with Crippen molar-refractivity contribution in [3.8, 4) is 0 Å². The molecule has 0 radical (unpaired) electrons. The van der Waals surface area contributed by atoms with Crippen molar-refractivity contribution in [2.24, 2.45) is 0 Å². The summed E-state index contributed by atoms with van der Waals surface area (Å²) in [5.41, 5.74) is 3.32. The lowest BCUT2D eigenvalue weighted by molar-refractivity contribution is 0.0952. The summed E-state index contributed by atoms with van der Waals surface area (Å²) in [4.78, 5) is 16.1. The maximum atomic E-state index is 12.1.